The number of hydrogen-bond acceptors (Lipinski definition) is 3. The van der Waals surface area contributed by atoms with Gasteiger partial charge in [0.05, 0.1) is 19.3 Å². The largest absolute Gasteiger partial charge is 0.481 e. The highest BCUT2D eigenvalue weighted by atomic mass is 16.5. The Morgan fingerprint density at radius 1 is 1.40 bits per heavy atom. The van der Waals surface area contributed by atoms with Crippen molar-refractivity contribution >= 4 is 11.9 Å². The van der Waals surface area contributed by atoms with Crippen LogP contribution in [0, 0.1) is 11.3 Å². The highest BCUT2D eigenvalue weighted by Crippen LogP contribution is 2.45. The van der Waals surface area contributed by atoms with Crippen LogP contribution in [0.2, 0.25) is 0 Å². The molecule has 1 heterocycles. The minimum atomic E-state index is -0.904. The summed E-state index contributed by atoms with van der Waals surface area (Å²) in [6.07, 6.45) is 1.79. The van der Waals surface area contributed by atoms with Gasteiger partial charge in [-0.05, 0) is 12.8 Å². The molecule has 1 aliphatic heterocycles. The Kier molecular flexibility index (Phi) is 2.42. The molecule has 2 fully saturated rings. The van der Waals surface area contributed by atoms with E-state index >= 15 is 0 Å². The van der Waals surface area contributed by atoms with E-state index in [0.717, 1.165) is 12.8 Å². The van der Waals surface area contributed by atoms with Gasteiger partial charge in [0, 0.05) is 5.41 Å². The minimum absolute atomic E-state index is 0.0377. The first-order valence-corrected chi connectivity index (χ1v) is 5.14. The lowest BCUT2D eigenvalue weighted by Crippen LogP contribution is -2.45. The van der Waals surface area contributed by atoms with Gasteiger partial charge in [-0.2, -0.15) is 0 Å². The molecule has 2 atom stereocenters. The fourth-order valence-electron chi connectivity index (χ4n) is 1.70. The molecule has 0 aromatic heterocycles. The quantitative estimate of drug-likeness (QED) is 0.692. The van der Waals surface area contributed by atoms with Crippen LogP contribution in [0.25, 0.3) is 0 Å². The first kappa shape index (κ1) is 10.4. The molecule has 2 rings (SSSR count). The summed E-state index contributed by atoms with van der Waals surface area (Å²) in [4.78, 5) is 22.5. The average Bonchev–Trinajstić information content (AvgIpc) is 2.77. The zero-order chi connectivity index (χ0) is 11.1. The van der Waals surface area contributed by atoms with Gasteiger partial charge in [0.25, 0.3) is 0 Å². The monoisotopic (exact) mass is 213 g/mol. The van der Waals surface area contributed by atoms with Crippen LogP contribution < -0.4 is 5.32 Å². The van der Waals surface area contributed by atoms with Gasteiger partial charge in [-0.25, -0.2) is 0 Å². The summed E-state index contributed by atoms with van der Waals surface area (Å²) >= 11 is 0. The van der Waals surface area contributed by atoms with Gasteiger partial charge in [-0.1, -0.05) is 6.92 Å². The van der Waals surface area contributed by atoms with Crippen molar-refractivity contribution in [3.05, 3.63) is 0 Å². The molecule has 5 nitrogen and oxygen atoms in total. The van der Waals surface area contributed by atoms with Crippen LogP contribution >= 0.6 is 0 Å². The summed E-state index contributed by atoms with van der Waals surface area (Å²) in [7, 11) is 0. The predicted molar refractivity (Wildman–Crippen MR) is 51.2 cm³/mol. The van der Waals surface area contributed by atoms with E-state index in [4.69, 9.17) is 9.84 Å². The minimum Gasteiger partial charge on any atom is -0.481 e. The maximum Gasteiger partial charge on any atom is 0.311 e. The molecule has 1 amide bonds. The van der Waals surface area contributed by atoms with Gasteiger partial charge >= 0.3 is 5.97 Å². The zero-order valence-corrected chi connectivity index (χ0v) is 8.66. The fraction of sp³-hybridized carbons (Fsp3) is 0.800. The van der Waals surface area contributed by atoms with E-state index in [0.29, 0.717) is 6.61 Å². The SMILES string of the molecule is CC1(C(=O)NC2COCC2C(=O)O)CC1. The predicted octanol–water partition coefficient (Wildman–Crippen LogP) is 0.00230. The maximum atomic E-state index is 11.7. The number of ether oxygens (including phenoxy) is 1. The molecule has 0 aromatic rings. The van der Waals surface area contributed by atoms with Crippen LogP contribution in [0.15, 0.2) is 0 Å². The second-order valence-electron chi connectivity index (χ2n) is 4.62. The third-order valence-corrected chi connectivity index (χ3v) is 3.26. The van der Waals surface area contributed by atoms with E-state index in [9.17, 15) is 9.59 Å². The first-order valence-electron chi connectivity index (χ1n) is 5.14. The van der Waals surface area contributed by atoms with E-state index in [1.807, 2.05) is 6.92 Å². The van der Waals surface area contributed by atoms with Crippen LogP contribution in [-0.2, 0) is 14.3 Å². The molecule has 84 valence electrons. The molecule has 1 saturated carbocycles. The third-order valence-electron chi connectivity index (χ3n) is 3.26. The Balaban J connectivity index is 1.93. The van der Waals surface area contributed by atoms with Crippen LogP contribution in [0.3, 0.4) is 0 Å². The Bertz CT molecular complexity index is 298. The van der Waals surface area contributed by atoms with Gasteiger partial charge in [0.15, 0.2) is 0 Å². The molecule has 2 aliphatic rings. The van der Waals surface area contributed by atoms with Crippen molar-refractivity contribution in [3.8, 4) is 0 Å². The lowest BCUT2D eigenvalue weighted by molar-refractivity contribution is -0.142. The molecule has 15 heavy (non-hydrogen) atoms. The van der Waals surface area contributed by atoms with Gasteiger partial charge in [-0.15, -0.1) is 0 Å². The van der Waals surface area contributed by atoms with E-state index in [1.54, 1.807) is 0 Å². The highest BCUT2D eigenvalue weighted by Gasteiger charge is 2.47. The molecular weight excluding hydrogens is 198 g/mol. The van der Waals surface area contributed by atoms with E-state index in [2.05, 4.69) is 5.32 Å². The molecule has 0 radical (unpaired) electrons. The summed E-state index contributed by atoms with van der Waals surface area (Å²) in [5, 5.41) is 11.7. The first-order chi connectivity index (χ1) is 7.03. The van der Waals surface area contributed by atoms with Crippen LogP contribution in [-0.4, -0.2) is 36.2 Å². The van der Waals surface area contributed by atoms with E-state index in [-0.39, 0.29) is 24.0 Å². The van der Waals surface area contributed by atoms with Crippen LogP contribution in [0.1, 0.15) is 19.8 Å². The smallest absolute Gasteiger partial charge is 0.311 e. The van der Waals surface area contributed by atoms with Crippen LogP contribution in [0.5, 0.6) is 0 Å². The molecular formula is C10H15NO4. The number of nitrogens with one attached hydrogen (secondary N) is 1. The zero-order valence-electron chi connectivity index (χ0n) is 8.66. The Labute approximate surface area is 87.8 Å². The standard InChI is InChI=1S/C10H15NO4/c1-10(2-3-10)9(14)11-7-5-15-4-6(7)8(12)13/h6-7H,2-5H2,1H3,(H,11,14)(H,12,13). The number of carbonyl (C=O) groups excluding carboxylic acids is 1. The van der Waals surface area contributed by atoms with Crippen molar-refractivity contribution in [2.75, 3.05) is 13.2 Å². The number of carboxylic acids is 1. The number of aliphatic carboxylic acids is 1. The molecule has 5 heteroatoms. The molecule has 2 unspecified atom stereocenters. The molecule has 0 aromatic carbocycles. The van der Waals surface area contributed by atoms with Gasteiger partial charge in [0.2, 0.25) is 5.91 Å². The normalized spacial score (nSPS) is 32.3. The number of hydrogen-bond donors (Lipinski definition) is 2. The second kappa shape index (κ2) is 3.48. The lowest BCUT2D eigenvalue weighted by atomic mass is 10.0. The van der Waals surface area contributed by atoms with Crippen molar-refractivity contribution in [1.29, 1.82) is 0 Å². The number of rotatable bonds is 3. The number of amides is 1. The van der Waals surface area contributed by atoms with Gasteiger partial charge in [0.1, 0.15) is 5.92 Å². The van der Waals surface area contributed by atoms with Crippen LogP contribution in [0.4, 0.5) is 0 Å². The van der Waals surface area contributed by atoms with Crippen molar-refractivity contribution in [3.63, 3.8) is 0 Å². The number of carboxylic acid groups (broad SMARTS) is 1. The summed E-state index contributed by atoms with van der Waals surface area (Å²) < 4.78 is 5.07. The molecule has 0 bridgehead atoms. The third kappa shape index (κ3) is 1.97. The Hall–Kier alpha value is -1.10. The van der Waals surface area contributed by atoms with E-state index in [1.165, 1.54) is 0 Å². The topological polar surface area (TPSA) is 75.6 Å². The number of carbonyl (C=O) groups is 2. The molecule has 0 spiro atoms. The summed E-state index contributed by atoms with van der Waals surface area (Å²) in [5.74, 6) is -1.54. The molecule has 1 aliphatic carbocycles. The molecule has 2 N–H and O–H groups in total. The van der Waals surface area contributed by atoms with Gasteiger partial charge < -0.3 is 15.2 Å². The second-order valence-corrected chi connectivity index (χ2v) is 4.62. The average molecular weight is 213 g/mol. The summed E-state index contributed by atoms with van der Waals surface area (Å²) in [6.45, 7) is 2.39. The Morgan fingerprint density at radius 3 is 2.60 bits per heavy atom. The highest BCUT2D eigenvalue weighted by molar-refractivity contribution is 5.85. The fourth-order valence-corrected chi connectivity index (χ4v) is 1.70. The van der Waals surface area contributed by atoms with Gasteiger partial charge in [-0.3, -0.25) is 9.59 Å². The van der Waals surface area contributed by atoms with Crippen molar-refractivity contribution < 1.29 is 19.4 Å². The lowest BCUT2D eigenvalue weighted by Gasteiger charge is -2.18. The maximum absolute atomic E-state index is 11.7. The van der Waals surface area contributed by atoms with Crippen molar-refractivity contribution in [2.24, 2.45) is 11.3 Å². The van der Waals surface area contributed by atoms with E-state index < -0.39 is 11.9 Å². The van der Waals surface area contributed by atoms with Crippen molar-refractivity contribution in [2.45, 2.75) is 25.8 Å². The van der Waals surface area contributed by atoms with Crippen molar-refractivity contribution in [1.82, 2.24) is 5.32 Å². The molecule has 1 saturated heterocycles. The summed E-state index contributed by atoms with van der Waals surface area (Å²) in [5.41, 5.74) is -0.258. The summed E-state index contributed by atoms with van der Waals surface area (Å²) in [6, 6.07) is -0.368. The Morgan fingerprint density at radius 2 is 2.07 bits per heavy atom.